The first-order valence-electron chi connectivity index (χ1n) is 2.95. The van der Waals surface area contributed by atoms with E-state index in [-0.39, 0.29) is 0 Å². The molecule has 0 bridgehead atoms. The van der Waals surface area contributed by atoms with Crippen LogP contribution < -0.4 is 0 Å². The van der Waals surface area contributed by atoms with E-state index in [0.29, 0.717) is 11.1 Å². The van der Waals surface area contributed by atoms with Gasteiger partial charge >= 0.3 is 6.07 Å². The molecule has 0 saturated heterocycles. The molecular formula is C8H4N2O. The Morgan fingerprint density at radius 2 is 2.09 bits per heavy atom. The minimum atomic E-state index is 0.499. The van der Waals surface area contributed by atoms with Crippen LogP contribution in [0.5, 0.6) is 0 Å². The van der Waals surface area contributed by atoms with Crippen LogP contribution in [-0.4, -0.2) is 0 Å². The highest BCUT2D eigenvalue weighted by atomic mass is 16.4. The maximum Gasteiger partial charge on any atom is 0.336 e. The van der Waals surface area contributed by atoms with Gasteiger partial charge in [0.2, 0.25) is 0 Å². The Morgan fingerprint density at radius 1 is 1.36 bits per heavy atom. The highest BCUT2D eigenvalue weighted by Crippen LogP contribution is 2.01. The van der Waals surface area contributed by atoms with Gasteiger partial charge in [0.15, 0.2) is 0 Å². The summed E-state index contributed by atoms with van der Waals surface area (Å²) in [6, 6.07) is 10.7. The van der Waals surface area contributed by atoms with E-state index in [0.717, 1.165) is 0 Å². The van der Waals surface area contributed by atoms with Gasteiger partial charge in [-0.25, -0.2) is 0 Å². The van der Waals surface area contributed by atoms with Crippen molar-refractivity contribution in [3.63, 3.8) is 0 Å². The van der Waals surface area contributed by atoms with E-state index in [4.69, 9.17) is 5.26 Å². The predicted octanol–water partition coefficient (Wildman–Crippen LogP) is 1.74. The molecule has 0 saturated carbocycles. The molecule has 3 nitrogen and oxygen atoms in total. The molecule has 1 rings (SSSR count). The third-order valence-corrected chi connectivity index (χ3v) is 1.17. The monoisotopic (exact) mass is 144 g/mol. The van der Waals surface area contributed by atoms with Gasteiger partial charge in [-0.05, 0) is 18.2 Å². The molecule has 0 aliphatic carbocycles. The minimum absolute atomic E-state index is 0.499. The summed E-state index contributed by atoms with van der Waals surface area (Å²) in [7, 11) is 0. The second-order valence-electron chi connectivity index (χ2n) is 1.90. The van der Waals surface area contributed by atoms with Crippen molar-refractivity contribution in [2.24, 2.45) is 0 Å². The fraction of sp³-hybridized carbons (Fsp3) is 0. The van der Waals surface area contributed by atoms with E-state index < -0.39 is 0 Å². The van der Waals surface area contributed by atoms with Crippen LogP contribution in [0.4, 0.5) is 0 Å². The molecular weight excluding hydrogens is 140 g/mol. The molecule has 0 amide bonds. The van der Waals surface area contributed by atoms with Gasteiger partial charge in [0, 0.05) is 5.01 Å². The van der Waals surface area contributed by atoms with Crippen molar-refractivity contribution < 1.29 is 0 Å². The van der Waals surface area contributed by atoms with Crippen molar-refractivity contribution in [3.05, 3.63) is 45.6 Å². The molecule has 0 aromatic heterocycles. The highest BCUT2D eigenvalue weighted by molar-refractivity contribution is 5.39. The smallest absolute Gasteiger partial charge is 0.336 e. The van der Waals surface area contributed by atoms with Gasteiger partial charge in [0.25, 0.3) is 0 Å². The average Bonchev–Trinajstić information content (AvgIpc) is 2.06. The lowest BCUT2D eigenvalue weighted by Crippen LogP contribution is -1.75. The van der Waals surface area contributed by atoms with Crippen molar-refractivity contribution >= 4 is 0 Å². The molecule has 0 fully saturated rings. The summed E-state index contributed by atoms with van der Waals surface area (Å²) in [5, 5.41) is 20.6. The SMILES string of the molecule is N#Cc1cccc(C#[N+][O-])c1. The fourth-order valence-electron chi connectivity index (χ4n) is 0.711. The number of hydrogen-bond acceptors (Lipinski definition) is 2. The number of nitrogens with zero attached hydrogens (tertiary/aromatic N) is 2. The van der Waals surface area contributed by atoms with E-state index in [1.165, 1.54) is 0 Å². The van der Waals surface area contributed by atoms with Gasteiger partial charge in [-0.3, -0.25) is 0 Å². The first kappa shape index (κ1) is 7.11. The normalized spacial score (nSPS) is 7.55. The largest absolute Gasteiger partial charge is 0.498 e. The maximum atomic E-state index is 9.73. The Labute approximate surface area is 63.9 Å². The van der Waals surface area contributed by atoms with Crippen LogP contribution in [0.3, 0.4) is 0 Å². The zero-order valence-corrected chi connectivity index (χ0v) is 5.61. The molecule has 11 heavy (non-hydrogen) atoms. The van der Waals surface area contributed by atoms with Crippen LogP contribution in [0.1, 0.15) is 11.1 Å². The lowest BCUT2D eigenvalue weighted by atomic mass is 10.2. The zero-order valence-electron chi connectivity index (χ0n) is 5.61. The molecule has 0 aliphatic heterocycles. The minimum Gasteiger partial charge on any atom is -0.498 e. The van der Waals surface area contributed by atoms with Gasteiger partial charge in [0.05, 0.1) is 11.6 Å². The first-order valence-corrected chi connectivity index (χ1v) is 2.95. The van der Waals surface area contributed by atoms with Gasteiger partial charge in [-0.2, -0.15) is 5.26 Å². The van der Waals surface area contributed by atoms with E-state index in [9.17, 15) is 5.21 Å². The van der Waals surface area contributed by atoms with Crippen LogP contribution in [0.2, 0.25) is 0 Å². The van der Waals surface area contributed by atoms with E-state index in [2.05, 4.69) is 11.1 Å². The van der Waals surface area contributed by atoms with Crippen molar-refractivity contribution in [2.75, 3.05) is 0 Å². The lowest BCUT2D eigenvalue weighted by Gasteiger charge is -1.84. The fourth-order valence-corrected chi connectivity index (χ4v) is 0.711. The van der Waals surface area contributed by atoms with Gasteiger partial charge < -0.3 is 5.21 Å². The molecule has 52 valence electrons. The molecule has 1 aromatic rings. The van der Waals surface area contributed by atoms with Gasteiger partial charge in [-0.1, -0.05) is 6.07 Å². The summed E-state index contributed by atoms with van der Waals surface area (Å²) in [6.07, 6.45) is 0. The van der Waals surface area contributed by atoms with Crippen LogP contribution >= 0.6 is 0 Å². The summed E-state index contributed by atoms with van der Waals surface area (Å²) in [4.78, 5) is 0. The van der Waals surface area contributed by atoms with Crippen LogP contribution in [0.15, 0.2) is 24.3 Å². The van der Waals surface area contributed by atoms with Crippen LogP contribution in [-0.2, 0) is 0 Å². The molecule has 0 atom stereocenters. The van der Waals surface area contributed by atoms with Crippen LogP contribution in [0.25, 0.3) is 5.01 Å². The molecule has 3 heteroatoms. The summed E-state index contributed by atoms with van der Waals surface area (Å²) < 4.78 is 0. The maximum absolute atomic E-state index is 9.73. The first-order chi connectivity index (χ1) is 5.36. The van der Waals surface area contributed by atoms with Crippen molar-refractivity contribution in [1.82, 2.24) is 0 Å². The predicted molar refractivity (Wildman–Crippen MR) is 40.9 cm³/mol. The Kier molecular flexibility index (Phi) is 2.09. The molecule has 0 spiro atoms. The standard InChI is InChI=1S/C8H4N2O/c9-5-7-2-1-3-8(4-7)6-10-11/h1-4H. The summed E-state index contributed by atoms with van der Waals surface area (Å²) in [6.45, 7) is 0. The van der Waals surface area contributed by atoms with E-state index >= 15 is 0 Å². The van der Waals surface area contributed by atoms with Gasteiger partial charge in [0.1, 0.15) is 5.56 Å². The second kappa shape index (κ2) is 3.24. The summed E-state index contributed by atoms with van der Waals surface area (Å²) in [5.41, 5.74) is 1.03. The summed E-state index contributed by atoms with van der Waals surface area (Å²) in [5.74, 6) is 0. The molecule has 0 heterocycles. The van der Waals surface area contributed by atoms with E-state index in [1.54, 1.807) is 24.3 Å². The quantitative estimate of drug-likeness (QED) is 0.520. The zero-order chi connectivity index (χ0) is 8.10. The number of hydrogen-bond donors (Lipinski definition) is 0. The third kappa shape index (κ3) is 1.70. The number of rotatable bonds is 0. The molecule has 1 aromatic carbocycles. The molecule has 0 unspecified atom stereocenters. The lowest BCUT2D eigenvalue weighted by molar-refractivity contribution is 1.48. The Bertz CT molecular complexity index is 354. The van der Waals surface area contributed by atoms with Crippen molar-refractivity contribution in [3.8, 4) is 12.1 Å². The molecule has 0 radical (unpaired) electrons. The average molecular weight is 144 g/mol. The topological polar surface area (TPSA) is 51.2 Å². The number of nitriles is 1. The van der Waals surface area contributed by atoms with E-state index in [1.807, 2.05) is 6.07 Å². The Balaban J connectivity index is 3.10. The number of benzene rings is 1. The Morgan fingerprint density at radius 3 is 2.73 bits per heavy atom. The molecule has 0 N–H and O–H groups in total. The van der Waals surface area contributed by atoms with Gasteiger partial charge in [-0.15, -0.1) is 0 Å². The Hall–Kier alpha value is -2.00. The summed E-state index contributed by atoms with van der Waals surface area (Å²) >= 11 is 0. The van der Waals surface area contributed by atoms with Crippen LogP contribution in [0, 0.1) is 22.6 Å². The van der Waals surface area contributed by atoms with Crippen molar-refractivity contribution in [1.29, 1.82) is 5.26 Å². The third-order valence-electron chi connectivity index (χ3n) is 1.17. The highest BCUT2D eigenvalue weighted by Gasteiger charge is 1.94. The van der Waals surface area contributed by atoms with Crippen molar-refractivity contribution in [2.45, 2.75) is 0 Å². The molecule has 0 aliphatic rings. The second-order valence-corrected chi connectivity index (χ2v) is 1.90.